The van der Waals surface area contributed by atoms with Crippen molar-refractivity contribution in [2.24, 2.45) is 5.73 Å². The summed E-state index contributed by atoms with van der Waals surface area (Å²) in [5.41, 5.74) is 10.1. The standard InChI is InChI=1S/C26H22Br2N6OS/c1-32(2)20-7-5-14(9-18(20)27)10-22-25(35)34-24(31)16(12-29)23(17(13-30)26(34)36-22)15-6-8-21(33(3)4)19(28)11-15/h5-11,23H,31H2,1-4H3/t23-/m1/s1. The van der Waals surface area contributed by atoms with Gasteiger partial charge in [0.2, 0.25) is 0 Å². The predicted octanol–water partition coefficient (Wildman–Crippen LogP) is 3.52. The van der Waals surface area contributed by atoms with E-state index in [1.807, 2.05) is 74.4 Å². The Bertz CT molecular complexity index is 1680. The first-order chi connectivity index (χ1) is 17.1. The summed E-state index contributed by atoms with van der Waals surface area (Å²) in [4.78, 5) is 17.3. The number of rotatable bonds is 4. The number of nitrogens with two attached hydrogens (primary N) is 1. The van der Waals surface area contributed by atoms with Gasteiger partial charge in [0.25, 0.3) is 5.56 Å². The van der Waals surface area contributed by atoms with Crippen molar-refractivity contribution in [3.8, 4) is 12.1 Å². The first-order valence-electron chi connectivity index (χ1n) is 10.8. The van der Waals surface area contributed by atoms with E-state index < -0.39 is 5.92 Å². The Morgan fingerprint density at radius 1 is 0.972 bits per heavy atom. The van der Waals surface area contributed by atoms with Gasteiger partial charge >= 0.3 is 0 Å². The summed E-state index contributed by atoms with van der Waals surface area (Å²) >= 11 is 8.37. The van der Waals surface area contributed by atoms with Gasteiger partial charge in [0.1, 0.15) is 10.5 Å². The number of hydrogen-bond acceptors (Lipinski definition) is 7. The molecule has 1 atom stereocenters. The van der Waals surface area contributed by atoms with Crippen molar-refractivity contribution in [2.75, 3.05) is 38.0 Å². The summed E-state index contributed by atoms with van der Waals surface area (Å²) in [6.07, 6.45) is 1.77. The Hall–Kier alpha value is -3.31. The first kappa shape index (κ1) is 25.8. The Balaban J connectivity index is 1.97. The van der Waals surface area contributed by atoms with Gasteiger partial charge in [-0.05, 0) is 73.3 Å². The van der Waals surface area contributed by atoms with Crippen molar-refractivity contribution in [1.29, 1.82) is 10.5 Å². The van der Waals surface area contributed by atoms with Crippen molar-refractivity contribution >= 4 is 72.0 Å². The highest BCUT2D eigenvalue weighted by atomic mass is 79.9. The molecule has 0 aliphatic carbocycles. The van der Waals surface area contributed by atoms with Crippen molar-refractivity contribution < 1.29 is 0 Å². The minimum Gasteiger partial charge on any atom is -0.384 e. The minimum absolute atomic E-state index is 0.0503. The van der Waals surface area contributed by atoms with E-state index in [2.05, 4.69) is 44.0 Å². The number of benzene rings is 2. The number of fused-ring (bicyclic) bond motifs is 1. The molecular weight excluding hydrogens is 604 g/mol. The van der Waals surface area contributed by atoms with E-state index in [-0.39, 0.29) is 17.0 Å². The SMILES string of the molecule is CN(C)c1ccc(C=c2sc3n(c2=O)C(N)=C(C#N)[C@@H](c2ccc(N(C)C)c(Br)c2)C=3C#N)cc1Br. The summed E-state index contributed by atoms with van der Waals surface area (Å²) < 4.78 is 3.87. The monoisotopic (exact) mass is 624 g/mol. The van der Waals surface area contributed by atoms with Crippen molar-refractivity contribution in [3.05, 3.63) is 81.6 Å². The van der Waals surface area contributed by atoms with Gasteiger partial charge in [-0.15, -0.1) is 11.3 Å². The number of nitriles is 2. The molecule has 0 fully saturated rings. The Labute approximate surface area is 229 Å². The van der Waals surface area contributed by atoms with Crippen molar-refractivity contribution in [1.82, 2.24) is 4.57 Å². The molecule has 0 unspecified atom stereocenters. The van der Waals surface area contributed by atoms with Crippen LogP contribution in [0.5, 0.6) is 0 Å². The predicted molar refractivity (Wildman–Crippen MR) is 153 cm³/mol. The van der Waals surface area contributed by atoms with E-state index in [9.17, 15) is 15.3 Å². The van der Waals surface area contributed by atoms with Crippen molar-refractivity contribution in [3.63, 3.8) is 0 Å². The van der Waals surface area contributed by atoms with E-state index in [0.29, 0.717) is 14.8 Å². The van der Waals surface area contributed by atoms with Gasteiger partial charge in [0, 0.05) is 37.1 Å². The van der Waals surface area contributed by atoms with E-state index in [1.165, 1.54) is 15.9 Å². The van der Waals surface area contributed by atoms with E-state index in [0.717, 1.165) is 31.4 Å². The van der Waals surface area contributed by atoms with E-state index in [4.69, 9.17) is 5.73 Å². The van der Waals surface area contributed by atoms with Gasteiger partial charge < -0.3 is 15.5 Å². The average molecular weight is 626 g/mol. The van der Waals surface area contributed by atoms with E-state index in [1.54, 1.807) is 6.08 Å². The molecule has 4 rings (SSSR count). The van der Waals surface area contributed by atoms with Crippen LogP contribution < -0.4 is 30.3 Å². The molecule has 0 spiro atoms. The van der Waals surface area contributed by atoms with Crippen LogP contribution in [-0.2, 0) is 0 Å². The molecule has 1 aromatic heterocycles. The zero-order chi connectivity index (χ0) is 26.3. The van der Waals surface area contributed by atoms with Gasteiger partial charge in [0.15, 0.2) is 0 Å². The zero-order valence-corrected chi connectivity index (χ0v) is 24.0. The number of thiazole rings is 1. The van der Waals surface area contributed by atoms with Crippen LogP contribution in [0.25, 0.3) is 17.5 Å². The third-order valence-electron chi connectivity index (χ3n) is 5.93. The minimum atomic E-state index is -0.674. The number of anilines is 2. The van der Waals surface area contributed by atoms with E-state index >= 15 is 0 Å². The van der Waals surface area contributed by atoms with Crippen molar-refractivity contribution in [2.45, 2.75) is 5.92 Å². The lowest BCUT2D eigenvalue weighted by molar-refractivity contribution is 0.905. The highest BCUT2D eigenvalue weighted by Gasteiger charge is 2.32. The highest BCUT2D eigenvalue weighted by molar-refractivity contribution is 9.11. The fourth-order valence-corrected chi connectivity index (χ4v) is 6.81. The normalized spacial score (nSPS) is 15.4. The second-order valence-electron chi connectivity index (χ2n) is 8.64. The molecule has 0 radical (unpaired) electrons. The summed E-state index contributed by atoms with van der Waals surface area (Å²) in [6.45, 7) is 0. The molecule has 10 heteroatoms. The molecule has 3 aromatic rings. The maximum atomic E-state index is 13.4. The molecule has 1 aliphatic rings. The average Bonchev–Trinajstić information content (AvgIpc) is 3.14. The molecule has 2 heterocycles. The zero-order valence-electron chi connectivity index (χ0n) is 20.0. The summed E-state index contributed by atoms with van der Waals surface area (Å²) in [5.74, 6) is -0.624. The quantitative estimate of drug-likeness (QED) is 0.476. The van der Waals surface area contributed by atoms with Gasteiger partial charge in [0.05, 0.1) is 45.1 Å². The van der Waals surface area contributed by atoms with Crippen LogP contribution in [0.1, 0.15) is 17.0 Å². The molecule has 0 saturated heterocycles. The van der Waals surface area contributed by atoms with Crippen LogP contribution >= 0.6 is 43.2 Å². The number of nitrogens with zero attached hydrogens (tertiary/aromatic N) is 5. The number of aromatic nitrogens is 1. The van der Waals surface area contributed by atoms with Crippen LogP contribution in [0.3, 0.4) is 0 Å². The first-order valence-corrected chi connectivity index (χ1v) is 13.2. The lowest BCUT2D eigenvalue weighted by atomic mass is 9.84. The molecule has 0 amide bonds. The Kier molecular flexibility index (Phi) is 7.14. The maximum Gasteiger partial charge on any atom is 0.274 e. The largest absolute Gasteiger partial charge is 0.384 e. The number of hydrogen-bond donors (Lipinski definition) is 1. The number of halogens is 2. The smallest absolute Gasteiger partial charge is 0.274 e. The fraction of sp³-hybridized carbons (Fsp3) is 0.192. The Morgan fingerprint density at radius 2 is 1.56 bits per heavy atom. The molecule has 2 N–H and O–H groups in total. The molecule has 0 saturated carbocycles. The highest BCUT2D eigenvalue weighted by Crippen LogP contribution is 2.38. The lowest BCUT2D eigenvalue weighted by Crippen LogP contribution is -2.38. The van der Waals surface area contributed by atoms with Gasteiger partial charge in [-0.25, -0.2) is 0 Å². The summed E-state index contributed by atoms with van der Waals surface area (Å²) in [6, 6.07) is 15.9. The van der Waals surface area contributed by atoms with Crippen LogP contribution in [-0.4, -0.2) is 32.8 Å². The lowest BCUT2D eigenvalue weighted by Gasteiger charge is -2.23. The van der Waals surface area contributed by atoms with Crippen LogP contribution in [0.15, 0.2) is 55.7 Å². The van der Waals surface area contributed by atoms with Gasteiger partial charge in [-0.1, -0.05) is 12.1 Å². The van der Waals surface area contributed by atoms with Crippen LogP contribution in [0, 0.1) is 22.7 Å². The van der Waals surface area contributed by atoms with Crippen LogP contribution in [0.2, 0.25) is 0 Å². The molecule has 36 heavy (non-hydrogen) atoms. The maximum absolute atomic E-state index is 13.4. The fourth-order valence-electron chi connectivity index (χ4n) is 4.18. The third kappa shape index (κ3) is 4.37. The summed E-state index contributed by atoms with van der Waals surface area (Å²) in [5, 5.41) is 20.2. The number of allylic oxidation sites excluding steroid dienone is 1. The Morgan fingerprint density at radius 3 is 2.08 bits per heavy atom. The van der Waals surface area contributed by atoms with Gasteiger partial charge in [-0.3, -0.25) is 9.36 Å². The molecular formula is C26H22Br2N6OS. The molecule has 182 valence electrons. The topological polar surface area (TPSA) is 102 Å². The molecule has 7 nitrogen and oxygen atoms in total. The second kappa shape index (κ2) is 9.98. The van der Waals surface area contributed by atoms with Gasteiger partial charge in [-0.2, -0.15) is 10.5 Å². The molecule has 0 bridgehead atoms. The van der Waals surface area contributed by atoms with Crippen LogP contribution in [0.4, 0.5) is 11.4 Å². The molecule has 2 aromatic carbocycles. The third-order valence-corrected chi connectivity index (χ3v) is 8.31. The second-order valence-corrected chi connectivity index (χ2v) is 11.4. The summed E-state index contributed by atoms with van der Waals surface area (Å²) in [7, 11) is 7.77. The molecule has 1 aliphatic heterocycles.